The lowest BCUT2D eigenvalue weighted by atomic mass is 9.96. The number of ether oxygens (including phenoxy) is 2. The minimum absolute atomic E-state index is 0.159. The van der Waals surface area contributed by atoms with Crippen LogP contribution in [0.2, 0.25) is 0 Å². The molecular formula is C11H25O2P. The molecule has 0 saturated carbocycles. The van der Waals surface area contributed by atoms with Crippen molar-refractivity contribution in [2.24, 2.45) is 5.41 Å². The largest absolute Gasteiger partial charge is 0.381 e. The summed E-state index contributed by atoms with van der Waals surface area (Å²) in [6.07, 6.45) is 2.28. The first-order valence-corrected chi connectivity index (χ1v) is 7.13. The van der Waals surface area contributed by atoms with Crippen LogP contribution in [0.15, 0.2) is 0 Å². The van der Waals surface area contributed by atoms with Gasteiger partial charge in [-0.15, -0.1) is 8.58 Å². The van der Waals surface area contributed by atoms with Crippen molar-refractivity contribution in [2.75, 3.05) is 39.3 Å². The first-order valence-electron chi connectivity index (χ1n) is 5.42. The Kier molecular flexibility index (Phi) is 8.86. The van der Waals surface area contributed by atoms with E-state index in [-0.39, 0.29) is 5.41 Å². The molecule has 0 aliphatic heterocycles. The van der Waals surface area contributed by atoms with Gasteiger partial charge in [0.1, 0.15) is 0 Å². The maximum Gasteiger partial charge on any atom is 0.0539 e. The van der Waals surface area contributed by atoms with Gasteiger partial charge in [0.05, 0.1) is 19.8 Å². The highest BCUT2D eigenvalue weighted by molar-refractivity contribution is 7.37. The Morgan fingerprint density at radius 2 is 1.64 bits per heavy atom. The fraction of sp³-hybridized carbons (Fsp3) is 1.00. The predicted molar refractivity (Wildman–Crippen MR) is 64.8 cm³/mol. The molecule has 0 aromatic heterocycles. The zero-order valence-corrected chi connectivity index (χ0v) is 11.1. The number of hydrogen-bond donors (Lipinski definition) is 0. The first kappa shape index (κ1) is 14.3. The molecule has 0 aliphatic carbocycles. The molecule has 2 nitrogen and oxygen atoms in total. The number of hydrogen-bond acceptors (Lipinski definition) is 2. The van der Waals surface area contributed by atoms with Crippen molar-refractivity contribution in [3.63, 3.8) is 0 Å². The van der Waals surface area contributed by atoms with Crippen LogP contribution in [0.25, 0.3) is 0 Å². The third-order valence-electron chi connectivity index (χ3n) is 1.83. The van der Waals surface area contributed by atoms with E-state index < -0.39 is 0 Å². The second-order valence-electron chi connectivity index (χ2n) is 4.37. The molecule has 0 aromatic rings. The second-order valence-corrected chi connectivity index (χ2v) is 5.58. The molecule has 0 rings (SSSR count). The molecule has 3 heteroatoms. The fourth-order valence-electron chi connectivity index (χ4n) is 1.06. The SMILES string of the molecule is CCCOCC(C)(C)COCCPC. The molecule has 0 saturated heterocycles. The molecular weight excluding hydrogens is 195 g/mol. The lowest BCUT2D eigenvalue weighted by Crippen LogP contribution is -2.26. The summed E-state index contributed by atoms with van der Waals surface area (Å²) in [5.41, 5.74) is 0.159. The molecule has 0 aliphatic rings. The van der Waals surface area contributed by atoms with E-state index in [0.717, 1.165) is 41.4 Å². The van der Waals surface area contributed by atoms with Crippen molar-refractivity contribution in [1.82, 2.24) is 0 Å². The van der Waals surface area contributed by atoms with E-state index in [2.05, 4.69) is 27.4 Å². The van der Waals surface area contributed by atoms with Gasteiger partial charge >= 0.3 is 0 Å². The zero-order valence-electron chi connectivity index (χ0n) is 10.1. The summed E-state index contributed by atoms with van der Waals surface area (Å²) in [6, 6.07) is 0. The van der Waals surface area contributed by atoms with Crippen LogP contribution >= 0.6 is 8.58 Å². The van der Waals surface area contributed by atoms with Crippen molar-refractivity contribution in [3.05, 3.63) is 0 Å². The average molecular weight is 220 g/mol. The highest BCUT2D eigenvalue weighted by atomic mass is 31.1. The summed E-state index contributed by atoms with van der Waals surface area (Å²) < 4.78 is 11.1. The van der Waals surface area contributed by atoms with Crippen LogP contribution in [0.4, 0.5) is 0 Å². The van der Waals surface area contributed by atoms with Crippen molar-refractivity contribution < 1.29 is 9.47 Å². The van der Waals surface area contributed by atoms with Gasteiger partial charge in [0.25, 0.3) is 0 Å². The Morgan fingerprint density at radius 3 is 2.14 bits per heavy atom. The molecule has 0 N–H and O–H groups in total. The summed E-state index contributed by atoms with van der Waals surface area (Å²) in [5.74, 6) is 0. The van der Waals surface area contributed by atoms with Crippen LogP contribution in [0.1, 0.15) is 27.2 Å². The highest BCUT2D eigenvalue weighted by Gasteiger charge is 2.17. The summed E-state index contributed by atoms with van der Waals surface area (Å²) in [4.78, 5) is 0. The second kappa shape index (κ2) is 8.64. The van der Waals surface area contributed by atoms with Gasteiger partial charge in [-0.25, -0.2) is 0 Å². The maximum atomic E-state index is 5.60. The van der Waals surface area contributed by atoms with E-state index in [1.807, 2.05) is 0 Å². The molecule has 0 fully saturated rings. The van der Waals surface area contributed by atoms with Gasteiger partial charge in [0, 0.05) is 12.0 Å². The normalized spacial score (nSPS) is 12.9. The van der Waals surface area contributed by atoms with E-state index in [0.29, 0.717) is 0 Å². The Labute approximate surface area is 90.5 Å². The van der Waals surface area contributed by atoms with Crippen molar-refractivity contribution in [1.29, 1.82) is 0 Å². The number of rotatable bonds is 9. The lowest BCUT2D eigenvalue weighted by molar-refractivity contribution is 0.000943. The molecule has 86 valence electrons. The van der Waals surface area contributed by atoms with Gasteiger partial charge < -0.3 is 9.47 Å². The first-order chi connectivity index (χ1) is 6.62. The zero-order chi connectivity index (χ0) is 10.9. The van der Waals surface area contributed by atoms with E-state index >= 15 is 0 Å². The fourth-order valence-corrected chi connectivity index (χ4v) is 1.41. The Hall–Kier alpha value is 0.350. The Balaban J connectivity index is 3.40. The van der Waals surface area contributed by atoms with Crippen LogP contribution in [0, 0.1) is 5.41 Å². The minimum Gasteiger partial charge on any atom is -0.381 e. The molecule has 0 radical (unpaired) electrons. The summed E-state index contributed by atoms with van der Waals surface area (Å²) in [6.45, 7) is 12.1. The monoisotopic (exact) mass is 220 g/mol. The van der Waals surface area contributed by atoms with Crippen LogP contribution in [-0.4, -0.2) is 39.3 Å². The molecule has 0 heterocycles. The van der Waals surface area contributed by atoms with Crippen molar-refractivity contribution in [3.8, 4) is 0 Å². The Bertz CT molecular complexity index is 126. The van der Waals surface area contributed by atoms with Gasteiger partial charge in [-0.2, -0.15) is 0 Å². The van der Waals surface area contributed by atoms with Gasteiger partial charge in [0.15, 0.2) is 0 Å². The smallest absolute Gasteiger partial charge is 0.0539 e. The molecule has 0 spiro atoms. The third-order valence-corrected chi connectivity index (χ3v) is 2.53. The quantitative estimate of drug-likeness (QED) is 0.439. The van der Waals surface area contributed by atoms with Crippen LogP contribution in [0.5, 0.6) is 0 Å². The van der Waals surface area contributed by atoms with Crippen molar-refractivity contribution >= 4 is 8.58 Å². The molecule has 14 heavy (non-hydrogen) atoms. The van der Waals surface area contributed by atoms with Crippen LogP contribution < -0.4 is 0 Å². The molecule has 0 aromatic carbocycles. The topological polar surface area (TPSA) is 18.5 Å². The molecule has 1 atom stereocenters. The lowest BCUT2D eigenvalue weighted by Gasteiger charge is -2.24. The molecule has 0 amide bonds. The molecule has 1 unspecified atom stereocenters. The van der Waals surface area contributed by atoms with Crippen molar-refractivity contribution in [2.45, 2.75) is 27.2 Å². The molecule has 0 bridgehead atoms. The maximum absolute atomic E-state index is 5.60. The summed E-state index contributed by atoms with van der Waals surface area (Å²) >= 11 is 0. The van der Waals surface area contributed by atoms with Gasteiger partial charge in [-0.1, -0.05) is 20.8 Å². The van der Waals surface area contributed by atoms with E-state index in [1.54, 1.807) is 0 Å². The summed E-state index contributed by atoms with van der Waals surface area (Å²) in [7, 11) is 0.996. The van der Waals surface area contributed by atoms with Gasteiger partial charge in [-0.3, -0.25) is 0 Å². The third kappa shape index (κ3) is 8.93. The van der Waals surface area contributed by atoms with Crippen LogP contribution in [-0.2, 0) is 9.47 Å². The Morgan fingerprint density at radius 1 is 1.07 bits per heavy atom. The average Bonchev–Trinajstić information content (AvgIpc) is 2.13. The van der Waals surface area contributed by atoms with Gasteiger partial charge in [-0.05, 0) is 19.2 Å². The van der Waals surface area contributed by atoms with E-state index in [1.165, 1.54) is 6.16 Å². The highest BCUT2D eigenvalue weighted by Crippen LogP contribution is 2.16. The standard InChI is InChI=1S/C11H25O2P/c1-5-6-12-9-11(2,3)10-13-7-8-14-4/h14H,5-10H2,1-4H3. The minimum atomic E-state index is 0.159. The van der Waals surface area contributed by atoms with E-state index in [9.17, 15) is 0 Å². The van der Waals surface area contributed by atoms with Gasteiger partial charge in [0.2, 0.25) is 0 Å². The van der Waals surface area contributed by atoms with Crippen LogP contribution in [0.3, 0.4) is 0 Å². The predicted octanol–water partition coefficient (Wildman–Crippen LogP) is 2.76. The van der Waals surface area contributed by atoms with E-state index in [4.69, 9.17) is 9.47 Å². The summed E-state index contributed by atoms with van der Waals surface area (Å²) in [5, 5.41) is 0.